The Kier molecular flexibility index (Phi) is 13.3. The van der Waals surface area contributed by atoms with Crippen molar-refractivity contribution in [2.75, 3.05) is 0 Å². The third-order valence-electron chi connectivity index (χ3n) is 6.39. The molecule has 0 radical (unpaired) electrons. The summed E-state index contributed by atoms with van der Waals surface area (Å²) in [5.41, 5.74) is 2.62. The topological polar surface area (TPSA) is 24.7 Å². The molecule has 0 saturated heterocycles. The SMILES string of the molecule is CCCCCCCCCCCCCCCC(CCC)c1ccc([C+]2N=CC=N2)cc1. The molecule has 1 atom stereocenters. The molecule has 0 N–H and O–H groups in total. The molecular formula is C28H45N2+. The van der Waals surface area contributed by atoms with Crippen LogP contribution in [0.15, 0.2) is 34.3 Å². The van der Waals surface area contributed by atoms with Crippen molar-refractivity contribution in [2.45, 2.75) is 122 Å². The van der Waals surface area contributed by atoms with Gasteiger partial charge < -0.3 is 0 Å². The van der Waals surface area contributed by atoms with Gasteiger partial charge in [-0.1, -0.05) is 104 Å². The summed E-state index contributed by atoms with van der Waals surface area (Å²) in [5, 5.41) is 0. The lowest BCUT2D eigenvalue weighted by Crippen LogP contribution is -2.00. The Morgan fingerprint density at radius 1 is 0.600 bits per heavy atom. The van der Waals surface area contributed by atoms with Gasteiger partial charge in [0.2, 0.25) is 6.17 Å². The van der Waals surface area contributed by atoms with Gasteiger partial charge in [-0.2, -0.15) is 0 Å². The summed E-state index contributed by atoms with van der Waals surface area (Å²) in [6.07, 6.45) is 26.8. The number of nitrogens with zero attached hydrogens (tertiary/aromatic N) is 2. The highest BCUT2D eigenvalue weighted by atomic mass is 15.0. The first-order valence-electron chi connectivity index (χ1n) is 12.9. The van der Waals surface area contributed by atoms with Crippen LogP contribution in [0.2, 0.25) is 0 Å². The van der Waals surface area contributed by atoms with Gasteiger partial charge in [0.15, 0.2) is 0 Å². The lowest BCUT2D eigenvalue weighted by Gasteiger charge is -2.16. The molecule has 1 unspecified atom stereocenters. The third kappa shape index (κ3) is 9.96. The summed E-state index contributed by atoms with van der Waals surface area (Å²) in [6.45, 7) is 4.60. The minimum Gasteiger partial charge on any atom is -0.147 e. The van der Waals surface area contributed by atoms with Gasteiger partial charge >= 0.3 is 0 Å². The van der Waals surface area contributed by atoms with Crippen LogP contribution in [-0.4, -0.2) is 12.4 Å². The normalized spacial score (nSPS) is 14.0. The van der Waals surface area contributed by atoms with Gasteiger partial charge in [0.1, 0.15) is 18.0 Å². The van der Waals surface area contributed by atoms with Crippen molar-refractivity contribution in [1.82, 2.24) is 0 Å². The standard InChI is InChI=1S/C28H45N2/c1-3-5-6-7-8-9-10-11-12-13-14-15-16-18-25(17-4-2)26-19-21-27(22-20-26)28-29-23-24-30-28/h19-25H,3-18H2,1-2H3/q+1. The van der Waals surface area contributed by atoms with Gasteiger partial charge in [0.25, 0.3) is 0 Å². The Bertz CT molecular complexity index is 575. The van der Waals surface area contributed by atoms with Crippen LogP contribution in [0.3, 0.4) is 0 Å². The van der Waals surface area contributed by atoms with Gasteiger partial charge in [-0.3, -0.25) is 0 Å². The maximum absolute atomic E-state index is 4.30. The Balaban J connectivity index is 1.54. The van der Waals surface area contributed by atoms with E-state index < -0.39 is 0 Å². The molecule has 0 saturated carbocycles. The molecule has 0 amide bonds. The van der Waals surface area contributed by atoms with Crippen LogP contribution < -0.4 is 0 Å². The number of benzene rings is 1. The molecule has 2 heteroatoms. The predicted molar refractivity (Wildman–Crippen MR) is 134 cm³/mol. The van der Waals surface area contributed by atoms with Crippen molar-refractivity contribution < 1.29 is 0 Å². The van der Waals surface area contributed by atoms with Crippen molar-refractivity contribution in [3.05, 3.63) is 41.6 Å². The molecule has 2 nitrogen and oxygen atoms in total. The first kappa shape index (κ1) is 24.7. The highest BCUT2D eigenvalue weighted by molar-refractivity contribution is 6.18. The van der Waals surface area contributed by atoms with Crippen molar-refractivity contribution in [1.29, 1.82) is 0 Å². The lowest BCUT2D eigenvalue weighted by molar-refractivity contribution is 0.502. The highest BCUT2D eigenvalue weighted by Crippen LogP contribution is 2.29. The molecular weight excluding hydrogens is 364 g/mol. The molecule has 0 aliphatic carbocycles. The zero-order chi connectivity index (χ0) is 21.3. The predicted octanol–water partition coefficient (Wildman–Crippen LogP) is 9.04. The molecule has 30 heavy (non-hydrogen) atoms. The Labute approximate surface area is 186 Å². The van der Waals surface area contributed by atoms with E-state index in [9.17, 15) is 0 Å². The lowest BCUT2D eigenvalue weighted by atomic mass is 9.88. The number of aliphatic imine (C=N–C) groups is 2. The van der Waals surface area contributed by atoms with Crippen molar-refractivity contribution in [3.8, 4) is 0 Å². The fourth-order valence-electron chi connectivity index (χ4n) is 4.53. The van der Waals surface area contributed by atoms with E-state index in [0.717, 1.165) is 11.7 Å². The maximum atomic E-state index is 4.30. The maximum Gasteiger partial charge on any atom is 0.243 e. The fraction of sp³-hybridized carbons (Fsp3) is 0.679. The van der Waals surface area contributed by atoms with Crippen LogP contribution in [0, 0.1) is 6.17 Å². The van der Waals surface area contributed by atoms with Gasteiger partial charge in [0, 0.05) is 12.1 Å². The molecule has 1 heterocycles. The molecule has 2 rings (SSSR count). The number of rotatable bonds is 18. The van der Waals surface area contributed by atoms with E-state index in [1.54, 1.807) is 12.4 Å². The van der Waals surface area contributed by atoms with Crippen LogP contribution in [-0.2, 0) is 0 Å². The van der Waals surface area contributed by atoms with E-state index >= 15 is 0 Å². The van der Waals surface area contributed by atoms with E-state index in [4.69, 9.17) is 0 Å². The molecule has 166 valence electrons. The second kappa shape index (κ2) is 16.2. The first-order chi connectivity index (χ1) is 14.8. The second-order valence-corrected chi connectivity index (χ2v) is 9.02. The summed E-state index contributed by atoms with van der Waals surface area (Å²) in [5.74, 6) is 0.706. The van der Waals surface area contributed by atoms with Crippen LogP contribution in [0.1, 0.15) is 134 Å². The van der Waals surface area contributed by atoms with Crippen LogP contribution in [0.25, 0.3) is 0 Å². The smallest absolute Gasteiger partial charge is 0.147 e. The van der Waals surface area contributed by atoms with E-state index in [-0.39, 0.29) is 0 Å². The summed E-state index contributed by atoms with van der Waals surface area (Å²) in [7, 11) is 0. The van der Waals surface area contributed by atoms with Crippen LogP contribution >= 0.6 is 0 Å². The van der Waals surface area contributed by atoms with Crippen LogP contribution in [0.4, 0.5) is 0 Å². The first-order valence-corrected chi connectivity index (χ1v) is 12.9. The molecule has 1 aromatic rings. The quantitative estimate of drug-likeness (QED) is 0.171. The average Bonchev–Trinajstić information content (AvgIpc) is 3.31. The minimum atomic E-state index is 0.706. The van der Waals surface area contributed by atoms with E-state index in [0.29, 0.717) is 5.92 Å². The highest BCUT2D eigenvalue weighted by Gasteiger charge is 2.19. The summed E-state index contributed by atoms with van der Waals surface area (Å²) in [6, 6.07) is 8.98. The summed E-state index contributed by atoms with van der Waals surface area (Å²) in [4.78, 5) is 8.61. The number of hydrogen-bond donors (Lipinski definition) is 0. The van der Waals surface area contributed by atoms with Crippen LogP contribution in [0.5, 0.6) is 0 Å². The summed E-state index contributed by atoms with van der Waals surface area (Å²) < 4.78 is 0. The molecule has 1 aromatic carbocycles. The molecule has 0 fully saturated rings. The monoisotopic (exact) mass is 409 g/mol. The Morgan fingerprint density at radius 2 is 1.10 bits per heavy atom. The second-order valence-electron chi connectivity index (χ2n) is 9.02. The summed E-state index contributed by atoms with van der Waals surface area (Å²) >= 11 is 0. The van der Waals surface area contributed by atoms with E-state index in [1.807, 2.05) is 0 Å². The Morgan fingerprint density at radius 3 is 1.60 bits per heavy atom. The molecule has 0 aromatic heterocycles. The molecule has 1 aliphatic rings. The van der Waals surface area contributed by atoms with Gasteiger partial charge in [-0.25, -0.2) is 0 Å². The fourth-order valence-corrected chi connectivity index (χ4v) is 4.53. The van der Waals surface area contributed by atoms with E-state index in [2.05, 4.69) is 48.1 Å². The zero-order valence-electron chi connectivity index (χ0n) is 19.7. The number of hydrogen-bond acceptors (Lipinski definition) is 2. The number of unbranched alkanes of at least 4 members (excludes halogenated alkanes) is 12. The van der Waals surface area contributed by atoms with Crippen molar-refractivity contribution in [2.24, 2.45) is 9.98 Å². The Hall–Kier alpha value is -1.57. The van der Waals surface area contributed by atoms with Crippen molar-refractivity contribution >= 4 is 12.4 Å². The van der Waals surface area contributed by atoms with Gasteiger partial charge in [0.05, 0.1) is 0 Å². The third-order valence-corrected chi connectivity index (χ3v) is 6.39. The molecule has 0 spiro atoms. The van der Waals surface area contributed by atoms with E-state index in [1.165, 1.54) is 108 Å². The van der Waals surface area contributed by atoms with Crippen molar-refractivity contribution in [3.63, 3.8) is 0 Å². The molecule has 1 aliphatic heterocycles. The minimum absolute atomic E-state index is 0.706. The molecule has 0 bridgehead atoms. The van der Waals surface area contributed by atoms with Gasteiger partial charge in [-0.05, 0) is 36.5 Å². The average molecular weight is 410 g/mol. The zero-order valence-corrected chi connectivity index (χ0v) is 19.7. The van der Waals surface area contributed by atoms with Gasteiger partial charge in [-0.15, -0.1) is 9.98 Å². The largest absolute Gasteiger partial charge is 0.243 e.